The van der Waals surface area contributed by atoms with Crippen molar-refractivity contribution in [3.63, 3.8) is 0 Å². The number of hydrogen-bond donors (Lipinski definition) is 0. The van der Waals surface area contributed by atoms with E-state index in [1.807, 2.05) is 13.8 Å². The lowest BCUT2D eigenvalue weighted by atomic mass is 10.2. The Bertz CT molecular complexity index is 286. The lowest BCUT2D eigenvalue weighted by Crippen LogP contribution is -2.02. The molecule has 70 valence electrons. The van der Waals surface area contributed by atoms with E-state index in [2.05, 4.69) is 4.99 Å². The van der Waals surface area contributed by atoms with Crippen LogP contribution in [0.3, 0.4) is 0 Å². The minimum atomic E-state index is -0.0816. The van der Waals surface area contributed by atoms with E-state index >= 15 is 0 Å². The zero-order chi connectivity index (χ0) is 9.68. The molecule has 0 amide bonds. The molecule has 0 aliphatic carbocycles. The van der Waals surface area contributed by atoms with Crippen LogP contribution in [0.2, 0.25) is 0 Å². The van der Waals surface area contributed by atoms with Gasteiger partial charge in [0.25, 0.3) is 0 Å². The van der Waals surface area contributed by atoms with Gasteiger partial charge in [-0.3, -0.25) is 9.79 Å². The van der Waals surface area contributed by atoms with Crippen LogP contribution in [0.4, 0.5) is 0 Å². The summed E-state index contributed by atoms with van der Waals surface area (Å²) in [6, 6.07) is 3.34. The van der Waals surface area contributed by atoms with Gasteiger partial charge in [0.2, 0.25) is 5.78 Å². The molecule has 0 saturated carbocycles. The van der Waals surface area contributed by atoms with Crippen LogP contribution in [0.15, 0.2) is 27.8 Å². The Kier molecular flexibility index (Phi) is 3.43. The summed E-state index contributed by atoms with van der Waals surface area (Å²) in [5.74, 6) is 0.673. The third-order valence-electron chi connectivity index (χ3n) is 1.43. The molecule has 0 saturated heterocycles. The first-order valence-electron chi connectivity index (χ1n) is 4.27. The average Bonchev–Trinajstić information content (AvgIpc) is 2.55. The lowest BCUT2D eigenvalue weighted by molar-refractivity contribution is 0.0976. The largest absolute Gasteiger partial charge is 0.461 e. The standard InChI is InChI=1S/C10H13NO2/c1-8(2)6-11-7-9(12)10-4-3-5-13-10/h3-6,8H,7H2,1-2H3. The Morgan fingerprint density at radius 1 is 1.69 bits per heavy atom. The summed E-state index contributed by atoms with van der Waals surface area (Å²) in [4.78, 5) is 15.3. The Balaban J connectivity index is 2.43. The number of aliphatic imine (C=N–C) groups is 1. The van der Waals surface area contributed by atoms with Gasteiger partial charge in [-0.15, -0.1) is 0 Å². The average molecular weight is 179 g/mol. The van der Waals surface area contributed by atoms with Crippen molar-refractivity contribution in [2.24, 2.45) is 10.9 Å². The zero-order valence-electron chi connectivity index (χ0n) is 7.86. The number of Topliss-reactive ketones (excluding diaryl/α,β-unsaturated/α-hetero) is 1. The van der Waals surface area contributed by atoms with Gasteiger partial charge in [-0.2, -0.15) is 0 Å². The highest BCUT2D eigenvalue weighted by Crippen LogP contribution is 2.01. The van der Waals surface area contributed by atoms with E-state index in [1.54, 1.807) is 18.3 Å². The van der Waals surface area contributed by atoms with Gasteiger partial charge in [0, 0.05) is 6.21 Å². The van der Waals surface area contributed by atoms with E-state index in [-0.39, 0.29) is 12.3 Å². The fraction of sp³-hybridized carbons (Fsp3) is 0.400. The summed E-state index contributed by atoms with van der Waals surface area (Å²) in [6.07, 6.45) is 3.25. The number of carbonyl (C=O) groups is 1. The zero-order valence-corrected chi connectivity index (χ0v) is 7.86. The molecule has 0 radical (unpaired) electrons. The van der Waals surface area contributed by atoms with Gasteiger partial charge in [-0.1, -0.05) is 13.8 Å². The summed E-state index contributed by atoms with van der Waals surface area (Å²) in [5, 5.41) is 0. The van der Waals surface area contributed by atoms with Crippen molar-refractivity contribution in [3.8, 4) is 0 Å². The van der Waals surface area contributed by atoms with Crippen LogP contribution in [0.25, 0.3) is 0 Å². The molecule has 0 bridgehead atoms. The monoisotopic (exact) mass is 179 g/mol. The van der Waals surface area contributed by atoms with Crippen molar-refractivity contribution in [3.05, 3.63) is 24.2 Å². The molecule has 0 aliphatic rings. The van der Waals surface area contributed by atoms with Gasteiger partial charge in [-0.25, -0.2) is 0 Å². The Hall–Kier alpha value is -1.38. The number of carbonyl (C=O) groups excluding carboxylic acids is 1. The van der Waals surface area contributed by atoms with Crippen molar-refractivity contribution in [2.45, 2.75) is 13.8 Å². The highest BCUT2D eigenvalue weighted by atomic mass is 16.3. The summed E-state index contributed by atoms with van der Waals surface area (Å²) < 4.78 is 4.93. The molecule has 1 heterocycles. The molecule has 0 N–H and O–H groups in total. The molecule has 1 aromatic rings. The Morgan fingerprint density at radius 3 is 3.00 bits per heavy atom. The van der Waals surface area contributed by atoms with E-state index in [0.29, 0.717) is 11.7 Å². The number of furan rings is 1. The first kappa shape index (κ1) is 9.71. The third-order valence-corrected chi connectivity index (χ3v) is 1.43. The Labute approximate surface area is 77.5 Å². The van der Waals surface area contributed by atoms with Crippen molar-refractivity contribution in [1.29, 1.82) is 0 Å². The predicted molar refractivity (Wildman–Crippen MR) is 51.2 cm³/mol. The van der Waals surface area contributed by atoms with E-state index in [0.717, 1.165) is 0 Å². The fourth-order valence-corrected chi connectivity index (χ4v) is 0.862. The van der Waals surface area contributed by atoms with Gasteiger partial charge in [0.05, 0.1) is 6.26 Å². The molecule has 3 heteroatoms. The number of nitrogens with zero attached hydrogens (tertiary/aromatic N) is 1. The van der Waals surface area contributed by atoms with Gasteiger partial charge >= 0.3 is 0 Å². The quantitative estimate of drug-likeness (QED) is 0.525. The summed E-state index contributed by atoms with van der Waals surface area (Å²) in [7, 11) is 0. The van der Waals surface area contributed by atoms with Crippen LogP contribution in [-0.2, 0) is 0 Å². The maximum atomic E-state index is 11.3. The van der Waals surface area contributed by atoms with Crippen molar-refractivity contribution < 1.29 is 9.21 Å². The number of rotatable bonds is 4. The third kappa shape index (κ3) is 3.23. The van der Waals surface area contributed by atoms with Gasteiger partial charge in [0.1, 0.15) is 6.54 Å². The lowest BCUT2D eigenvalue weighted by Gasteiger charge is -1.93. The smallest absolute Gasteiger partial charge is 0.219 e. The van der Waals surface area contributed by atoms with Crippen LogP contribution >= 0.6 is 0 Å². The highest BCUT2D eigenvalue weighted by Gasteiger charge is 2.06. The molecule has 0 aliphatic heterocycles. The molecule has 0 spiro atoms. The number of hydrogen-bond acceptors (Lipinski definition) is 3. The molecule has 13 heavy (non-hydrogen) atoms. The normalized spacial score (nSPS) is 11.3. The molecule has 0 atom stereocenters. The van der Waals surface area contributed by atoms with E-state index in [9.17, 15) is 4.79 Å². The highest BCUT2D eigenvalue weighted by molar-refractivity contribution is 5.95. The maximum absolute atomic E-state index is 11.3. The molecule has 0 unspecified atom stereocenters. The van der Waals surface area contributed by atoms with Crippen molar-refractivity contribution in [2.75, 3.05) is 6.54 Å². The fourth-order valence-electron chi connectivity index (χ4n) is 0.862. The minimum absolute atomic E-state index is 0.0816. The van der Waals surface area contributed by atoms with Crippen LogP contribution in [0, 0.1) is 5.92 Å². The first-order valence-corrected chi connectivity index (χ1v) is 4.27. The number of ketones is 1. The molecule has 0 fully saturated rings. The second-order valence-corrected chi connectivity index (χ2v) is 3.13. The van der Waals surface area contributed by atoms with Gasteiger partial charge < -0.3 is 4.42 Å². The van der Waals surface area contributed by atoms with Crippen molar-refractivity contribution in [1.82, 2.24) is 0 Å². The molecular weight excluding hydrogens is 166 g/mol. The van der Waals surface area contributed by atoms with Gasteiger partial charge in [-0.05, 0) is 18.1 Å². The predicted octanol–water partition coefficient (Wildman–Crippen LogP) is 2.19. The second-order valence-electron chi connectivity index (χ2n) is 3.13. The molecular formula is C10H13NO2. The van der Waals surface area contributed by atoms with Gasteiger partial charge in [0.15, 0.2) is 5.76 Å². The van der Waals surface area contributed by atoms with Crippen LogP contribution in [-0.4, -0.2) is 18.5 Å². The molecule has 3 nitrogen and oxygen atoms in total. The molecule has 1 aromatic heterocycles. The molecule has 0 aromatic carbocycles. The van der Waals surface area contributed by atoms with E-state index < -0.39 is 0 Å². The SMILES string of the molecule is CC(C)C=NCC(=O)c1ccco1. The Morgan fingerprint density at radius 2 is 2.46 bits per heavy atom. The van der Waals surface area contributed by atoms with Crippen LogP contribution in [0.5, 0.6) is 0 Å². The van der Waals surface area contributed by atoms with Crippen LogP contribution in [0.1, 0.15) is 24.4 Å². The molecule has 1 rings (SSSR count). The second kappa shape index (κ2) is 4.60. The topological polar surface area (TPSA) is 42.6 Å². The summed E-state index contributed by atoms with van der Waals surface area (Å²) in [5.41, 5.74) is 0. The maximum Gasteiger partial charge on any atom is 0.219 e. The summed E-state index contributed by atoms with van der Waals surface area (Å²) >= 11 is 0. The van der Waals surface area contributed by atoms with Crippen molar-refractivity contribution >= 4 is 12.0 Å². The van der Waals surface area contributed by atoms with E-state index in [4.69, 9.17) is 4.42 Å². The van der Waals surface area contributed by atoms with E-state index in [1.165, 1.54) is 6.26 Å². The first-order chi connectivity index (χ1) is 6.20. The van der Waals surface area contributed by atoms with Crippen LogP contribution < -0.4 is 0 Å². The minimum Gasteiger partial charge on any atom is -0.461 e. The summed E-state index contributed by atoms with van der Waals surface area (Å²) in [6.45, 7) is 4.20.